The number of aliphatic hydroxyl groups excluding tert-OH is 1. The highest BCUT2D eigenvalue weighted by Crippen LogP contribution is 2.36. The van der Waals surface area contributed by atoms with Crippen molar-refractivity contribution in [3.05, 3.63) is 62.7 Å². The number of benzene rings is 2. The van der Waals surface area contributed by atoms with E-state index in [1.54, 1.807) is 18.2 Å². The predicted octanol–water partition coefficient (Wildman–Crippen LogP) is 4.40. The molecular weight excluding hydrogens is 294 g/mol. The van der Waals surface area contributed by atoms with Crippen molar-refractivity contribution in [2.75, 3.05) is 0 Å². The van der Waals surface area contributed by atoms with Gasteiger partial charge in [0.1, 0.15) is 5.75 Å². The van der Waals surface area contributed by atoms with Crippen LogP contribution in [-0.4, -0.2) is 10.0 Å². The summed E-state index contributed by atoms with van der Waals surface area (Å²) >= 11 is 6.02. The van der Waals surface area contributed by atoms with Gasteiger partial charge in [-0.15, -0.1) is 0 Å². The third-order valence-corrected chi connectivity index (χ3v) is 3.28. The maximum atomic E-state index is 11.1. The molecule has 0 heterocycles. The van der Waals surface area contributed by atoms with Gasteiger partial charge in [0.25, 0.3) is 0 Å². The minimum Gasteiger partial charge on any atom is -0.449 e. The lowest BCUT2D eigenvalue weighted by atomic mass is 10.1. The van der Waals surface area contributed by atoms with E-state index in [0.29, 0.717) is 16.3 Å². The second kappa shape index (κ2) is 6.11. The van der Waals surface area contributed by atoms with Crippen molar-refractivity contribution in [3.63, 3.8) is 0 Å². The van der Waals surface area contributed by atoms with Gasteiger partial charge in [-0.3, -0.25) is 10.1 Å². The second-order valence-electron chi connectivity index (χ2n) is 4.70. The zero-order chi connectivity index (χ0) is 15.6. The molecule has 0 spiro atoms. The highest BCUT2D eigenvalue weighted by molar-refractivity contribution is 6.32. The van der Waals surface area contributed by atoms with E-state index >= 15 is 0 Å². The number of halogens is 1. The third kappa shape index (κ3) is 3.51. The van der Waals surface area contributed by atoms with Gasteiger partial charge in [-0.25, -0.2) is 0 Å². The maximum Gasteiger partial charge on any atom is 0.311 e. The van der Waals surface area contributed by atoms with Crippen LogP contribution in [0.3, 0.4) is 0 Å². The first-order chi connectivity index (χ1) is 9.88. The molecule has 0 aliphatic heterocycles. The molecule has 0 fully saturated rings. The summed E-state index contributed by atoms with van der Waals surface area (Å²) < 4.78 is 5.56. The van der Waals surface area contributed by atoms with Crippen molar-refractivity contribution < 1.29 is 14.8 Å². The van der Waals surface area contributed by atoms with Gasteiger partial charge < -0.3 is 9.84 Å². The number of aryl methyl sites for hydroxylation is 1. The number of ether oxygens (including phenoxy) is 1. The number of rotatable bonds is 4. The summed E-state index contributed by atoms with van der Waals surface area (Å²) in [5.74, 6) is 0.432. The first-order valence-electron chi connectivity index (χ1n) is 6.29. The van der Waals surface area contributed by atoms with E-state index in [-0.39, 0.29) is 11.4 Å². The van der Waals surface area contributed by atoms with Gasteiger partial charge in [-0.05, 0) is 43.2 Å². The SMILES string of the molecule is Cc1ccc(Cl)c(Oc2ccc(C(C)O)cc2[N+](=O)[O-])c1. The largest absolute Gasteiger partial charge is 0.449 e. The van der Waals surface area contributed by atoms with Crippen molar-refractivity contribution in [2.24, 2.45) is 0 Å². The molecule has 110 valence electrons. The van der Waals surface area contributed by atoms with Gasteiger partial charge in [0, 0.05) is 6.07 Å². The molecule has 0 saturated heterocycles. The normalized spacial score (nSPS) is 12.0. The molecule has 0 aliphatic carbocycles. The number of hydrogen-bond donors (Lipinski definition) is 1. The fourth-order valence-corrected chi connectivity index (χ4v) is 1.99. The summed E-state index contributed by atoms with van der Waals surface area (Å²) in [6.45, 7) is 3.41. The molecule has 5 nitrogen and oxygen atoms in total. The smallest absolute Gasteiger partial charge is 0.311 e. The lowest BCUT2D eigenvalue weighted by Crippen LogP contribution is -1.98. The number of nitro groups is 1. The Hall–Kier alpha value is -2.11. The first kappa shape index (κ1) is 15.3. The van der Waals surface area contributed by atoms with Gasteiger partial charge in [0.2, 0.25) is 5.75 Å². The van der Waals surface area contributed by atoms with Gasteiger partial charge in [-0.2, -0.15) is 0 Å². The highest BCUT2D eigenvalue weighted by atomic mass is 35.5. The topological polar surface area (TPSA) is 72.6 Å². The van der Waals surface area contributed by atoms with Gasteiger partial charge in [0.05, 0.1) is 16.0 Å². The zero-order valence-electron chi connectivity index (χ0n) is 11.5. The molecule has 0 amide bonds. The molecule has 6 heteroatoms. The molecule has 21 heavy (non-hydrogen) atoms. The van der Waals surface area contributed by atoms with Crippen molar-refractivity contribution in [2.45, 2.75) is 20.0 Å². The van der Waals surface area contributed by atoms with E-state index in [1.807, 2.05) is 13.0 Å². The van der Waals surface area contributed by atoms with E-state index in [9.17, 15) is 15.2 Å². The number of hydrogen-bond acceptors (Lipinski definition) is 4. The molecule has 1 N–H and O–H groups in total. The minimum atomic E-state index is -0.791. The summed E-state index contributed by atoms with van der Waals surface area (Å²) in [6, 6.07) is 9.52. The average Bonchev–Trinajstić information content (AvgIpc) is 2.42. The van der Waals surface area contributed by atoms with Crippen LogP contribution in [0.25, 0.3) is 0 Å². The Balaban J connectivity index is 2.44. The van der Waals surface area contributed by atoms with Crippen LogP contribution < -0.4 is 4.74 Å². The predicted molar refractivity (Wildman–Crippen MR) is 80.0 cm³/mol. The van der Waals surface area contributed by atoms with E-state index in [2.05, 4.69) is 0 Å². The summed E-state index contributed by atoms with van der Waals surface area (Å²) in [7, 11) is 0. The van der Waals surface area contributed by atoms with E-state index in [4.69, 9.17) is 16.3 Å². The summed E-state index contributed by atoms with van der Waals surface area (Å²) in [5, 5.41) is 21.0. The lowest BCUT2D eigenvalue weighted by Gasteiger charge is -2.11. The Morgan fingerprint density at radius 2 is 1.95 bits per heavy atom. The van der Waals surface area contributed by atoms with E-state index in [1.165, 1.54) is 19.1 Å². The minimum absolute atomic E-state index is 0.0805. The van der Waals surface area contributed by atoms with Crippen LogP contribution in [-0.2, 0) is 0 Å². The maximum absolute atomic E-state index is 11.1. The molecule has 0 saturated carbocycles. The molecule has 2 aromatic carbocycles. The highest BCUT2D eigenvalue weighted by Gasteiger charge is 2.19. The lowest BCUT2D eigenvalue weighted by molar-refractivity contribution is -0.385. The Morgan fingerprint density at radius 3 is 2.57 bits per heavy atom. The summed E-state index contributed by atoms with van der Waals surface area (Å²) in [4.78, 5) is 10.6. The quantitative estimate of drug-likeness (QED) is 0.671. The molecule has 0 radical (unpaired) electrons. The van der Waals surface area contributed by atoms with Crippen molar-refractivity contribution in [3.8, 4) is 11.5 Å². The Kier molecular flexibility index (Phi) is 4.45. The van der Waals surface area contributed by atoms with Gasteiger partial charge >= 0.3 is 5.69 Å². The van der Waals surface area contributed by atoms with Crippen LogP contribution in [0.15, 0.2) is 36.4 Å². The summed E-state index contributed by atoms with van der Waals surface area (Å²) in [6.07, 6.45) is -0.791. The first-order valence-corrected chi connectivity index (χ1v) is 6.66. The van der Waals surface area contributed by atoms with Crippen LogP contribution >= 0.6 is 11.6 Å². The van der Waals surface area contributed by atoms with Gasteiger partial charge in [0.15, 0.2) is 0 Å². The zero-order valence-corrected chi connectivity index (χ0v) is 12.3. The molecule has 0 aromatic heterocycles. The van der Waals surface area contributed by atoms with Gasteiger partial charge in [-0.1, -0.05) is 23.7 Å². The standard InChI is InChI=1S/C15H14ClNO4/c1-9-3-5-12(16)15(7-9)21-14-6-4-11(10(2)18)8-13(14)17(19)20/h3-8,10,18H,1-2H3. The third-order valence-electron chi connectivity index (χ3n) is 2.97. The molecular formula is C15H14ClNO4. The summed E-state index contributed by atoms with van der Waals surface area (Å²) in [5.41, 5.74) is 1.16. The molecule has 1 atom stereocenters. The van der Waals surface area contributed by atoms with Crippen molar-refractivity contribution in [1.29, 1.82) is 0 Å². The molecule has 0 aliphatic rings. The average molecular weight is 308 g/mol. The van der Waals surface area contributed by atoms with Crippen molar-refractivity contribution in [1.82, 2.24) is 0 Å². The number of nitro benzene ring substituents is 1. The monoisotopic (exact) mass is 307 g/mol. The Bertz CT molecular complexity index is 685. The van der Waals surface area contributed by atoms with Crippen LogP contribution in [0.4, 0.5) is 5.69 Å². The molecule has 0 bridgehead atoms. The van der Waals surface area contributed by atoms with E-state index in [0.717, 1.165) is 5.56 Å². The Morgan fingerprint density at radius 1 is 1.24 bits per heavy atom. The van der Waals surface area contributed by atoms with Crippen LogP contribution in [0.1, 0.15) is 24.2 Å². The van der Waals surface area contributed by atoms with Crippen molar-refractivity contribution >= 4 is 17.3 Å². The molecule has 1 unspecified atom stereocenters. The van der Waals surface area contributed by atoms with E-state index < -0.39 is 11.0 Å². The van der Waals surface area contributed by atoms with Crippen LogP contribution in [0.5, 0.6) is 11.5 Å². The number of aliphatic hydroxyl groups is 1. The fraction of sp³-hybridized carbons (Fsp3) is 0.200. The fourth-order valence-electron chi connectivity index (χ4n) is 1.83. The van der Waals surface area contributed by atoms with Crippen LogP contribution in [0.2, 0.25) is 5.02 Å². The molecule has 2 aromatic rings. The second-order valence-corrected chi connectivity index (χ2v) is 5.10. The Labute approximate surface area is 126 Å². The molecule has 2 rings (SSSR count). The number of nitrogens with zero attached hydrogens (tertiary/aromatic N) is 1. The van der Waals surface area contributed by atoms with Crippen LogP contribution in [0, 0.1) is 17.0 Å².